The van der Waals surface area contributed by atoms with Crippen molar-refractivity contribution in [2.24, 2.45) is 0 Å². The standard InChI is InChI=1S/C6H7N3O/c7-2-4-1-5(10)3-9-6(4)8/h1-3,7,10H,(H2,8,9). The van der Waals surface area contributed by atoms with Gasteiger partial charge in [-0.15, -0.1) is 0 Å². The predicted molar refractivity (Wildman–Crippen MR) is 38.2 cm³/mol. The molecule has 4 heteroatoms. The summed E-state index contributed by atoms with van der Waals surface area (Å²) in [4.78, 5) is 3.63. The number of pyridine rings is 1. The van der Waals surface area contributed by atoms with Gasteiger partial charge in [0.05, 0.1) is 6.20 Å². The van der Waals surface area contributed by atoms with Crippen LogP contribution in [0.15, 0.2) is 12.3 Å². The fourth-order valence-electron chi connectivity index (χ4n) is 0.596. The number of aromatic hydroxyl groups is 1. The van der Waals surface area contributed by atoms with E-state index in [4.69, 9.17) is 16.2 Å². The molecule has 0 fully saturated rings. The Balaban J connectivity index is 3.21. The van der Waals surface area contributed by atoms with E-state index in [1.54, 1.807) is 0 Å². The van der Waals surface area contributed by atoms with Crippen molar-refractivity contribution in [3.8, 4) is 5.75 Å². The smallest absolute Gasteiger partial charge is 0.134 e. The molecule has 0 aliphatic heterocycles. The zero-order valence-electron chi connectivity index (χ0n) is 5.20. The van der Waals surface area contributed by atoms with E-state index in [1.807, 2.05) is 0 Å². The second-order valence-electron chi connectivity index (χ2n) is 1.81. The number of nitrogen functional groups attached to an aromatic ring is 1. The molecule has 0 unspecified atom stereocenters. The summed E-state index contributed by atoms with van der Waals surface area (Å²) in [5, 5.41) is 15.7. The van der Waals surface area contributed by atoms with Crippen LogP contribution >= 0.6 is 0 Å². The molecule has 0 radical (unpaired) electrons. The van der Waals surface area contributed by atoms with Gasteiger partial charge < -0.3 is 16.2 Å². The van der Waals surface area contributed by atoms with Crippen molar-refractivity contribution in [1.29, 1.82) is 5.41 Å². The summed E-state index contributed by atoms with van der Waals surface area (Å²) in [5.41, 5.74) is 5.76. The van der Waals surface area contributed by atoms with Gasteiger partial charge >= 0.3 is 0 Å². The first-order valence-electron chi connectivity index (χ1n) is 2.69. The van der Waals surface area contributed by atoms with E-state index in [0.29, 0.717) is 5.56 Å². The third-order valence-electron chi connectivity index (χ3n) is 1.09. The van der Waals surface area contributed by atoms with Crippen LogP contribution in [0.3, 0.4) is 0 Å². The molecule has 0 atom stereocenters. The van der Waals surface area contributed by atoms with Crippen LogP contribution < -0.4 is 5.73 Å². The van der Waals surface area contributed by atoms with Crippen molar-refractivity contribution >= 4 is 12.0 Å². The Hall–Kier alpha value is -1.58. The molecule has 52 valence electrons. The van der Waals surface area contributed by atoms with Crippen molar-refractivity contribution in [1.82, 2.24) is 4.98 Å². The third kappa shape index (κ3) is 1.05. The van der Waals surface area contributed by atoms with Gasteiger partial charge in [0.25, 0.3) is 0 Å². The van der Waals surface area contributed by atoms with Gasteiger partial charge in [0.1, 0.15) is 11.6 Å². The van der Waals surface area contributed by atoms with E-state index < -0.39 is 0 Å². The maximum atomic E-state index is 8.85. The van der Waals surface area contributed by atoms with Crippen LogP contribution in [0.1, 0.15) is 5.56 Å². The first-order valence-corrected chi connectivity index (χ1v) is 2.69. The molecule has 0 spiro atoms. The van der Waals surface area contributed by atoms with E-state index >= 15 is 0 Å². The van der Waals surface area contributed by atoms with Crippen molar-refractivity contribution in [2.45, 2.75) is 0 Å². The van der Waals surface area contributed by atoms with E-state index in [0.717, 1.165) is 6.21 Å². The Morgan fingerprint density at radius 2 is 2.40 bits per heavy atom. The lowest BCUT2D eigenvalue weighted by atomic mass is 10.3. The summed E-state index contributed by atoms with van der Waals surface area (Å²) >= 11 is 0. The summed E-state index contributed by atoms with van der Waals surface area (Å²) < 4.78 is 0. The minimum absolute atomic E-state index is 0.0210. The van der Waals surface area contributed by atoms with Crippen molar-refractivity contribution in [3.63, 3.8) is 0 Å². The maximum Gasteiger partial charge on any atom is 0.134 e. The average Bonchev–Trinajstić information content (AvgIpc) is 1.94. The predicted octanol–water partition coefficient (Wildman–Crippen LogP) is 0.367. The number of nitrogens with zero attached hydrogens (tertiary/aromatic N) is 1. The highest BCUT2D eigenvalue weighted by molar-refractivity contribution is 5.83. The summed E-state index contributed by atoms with van der Waals surface area (Å²) in [7, 11) is 0. The molecular formula is C6H7N3O. The molecule has 1 aromatic heterocycles. The number of hydrogen-bond donors (Lipinski definition) is 3. The van der Waals surface area contributed by atoms with E-state index in [1.165, 1.54) is 12.3 Å². The molecule has 1 heterocycles. The van der Waals surface area contributed by atoms with Gasteiger partial charge in [-0.3, -0.25) is 0 Å². The van der Waals surface area contributed by atoms with Crippen LogP contribution in [0.5, 0.6) is 5.75 Å². The molecule has 0 bridgehead atoms. The second kappa shape index (κ2) is 2.34. The Morgan fingerprint density at radius 3 is 2.90 bits per heavy atom. The molecule has 4 nitrogen and oxygen atoms in total. The minimum Gasteiger partial charge on any atom is -0.506 e. The molecule has 0 aliphatic rings. The van der Waals surface area contributed by atoms with E-state index in [2.05, 4.69) is 4.98 Å². The number of hydrogen-bond acceptors (Lipinski definition) is 4. The summed E-state index contributed by atoms with van der Waals surface area (Å²) in [6.45, 7) is 0. The van der Waals surface area contributed by atoms with Gasteiger partial charge in [-0.2, -0.15) is 0 Å². The zero-order chi connectivity index (χ0) is 7.56. The number of aromatic nitrogens is 1. The highest BCUT2D eigenvalue weighted by Gasteiger charge is 1.96. The van der Waals surface area contributed by atoms with Crippen molar-refractivity contribution in [2.75, 3.05) is 5.73 Å². The van der Waals surface area contributed by atoms with Gasteiger partial charge in [-0.25, -0.2) is 4.98 Å². The van der Waals surface area contributed by atoms with Crippen LogP contribution in [-0.2, 0) is 0 Å². The molecule has 0 amide bonds. The van der Waals surface area contributed by atoms with Crippen molar-refractivity contribution in [3.05, 3.63) is 17.8 Å². The normalized spacial score (nSPS) is 9.20. The Morgan fingerprint density at radius 1 is 1.70 bits per heavy atom. The van der Waals surface area contributed by atoms with Gasteiger partial charge in [-0.1, -0.05) is 0 Å². The Bertz CT molecular complexity index is 259. The average molecular weight is 137 g/mol. The molecule has 4 N–H and O–H groups in total. The zero-order valence-corrected chi connectivity index (χ0v) is 5.20. The van der Waals surface area contributed by atoms with Gasteiger partial charge in [-0.05, 0) is 6.07 Å². The molecule has 1 rings (SSSR count). The Labute approximate surface area is 57.8 Å². The summed E-state index contributed by atoms with van der Waals surface area (Å²) in [6, 6.07) is 1.38. The van der Waals surface area contributed by atoms with Crippen LogP contribution in [0.25, 0.3) is 0 Å². The first kappa shape index (κ1) is 6.54. The lowest BCUT2D eigenvalue weighted by Gasteiger charge is -1.96. The van der Waals surface area contributed by atoms with Gasteiger partial charge in [0.15, 0.2) is 0 Å². The monoisotopic (exact) mass is 137 g/mol. The largest absolute Gasteiger partial charge is 0.506 e. The van der Waals surface area contributed by atoms with Gasteiger partial charge in [0, 0.05) is 11.8 Å². The van der Waals surface area contributed by atoms with E-state index in [9.17, 15) is 0 Å². The Kier molecular flexibility index (Phi) is 1.53. The number of nitrogens with one attached hydrogen (secondary N) is 1. The summed E-state index contributed by atoms with van der Waals surface area (Å²) in [5.74, 6) is 0.278. The first-order chi connectivity index (χ1) is 4.74. The molecule has 0 saturated heterocycles. The maximum absolute atomic E-state index is 8.85. The highest BCUT2D eigenvalue weighted by atomic mass is 16.3. The third-order valence-corrected chi connectivity index (χ3v) is 1.09. The molecule has 1 aromatic rings. The molecule has 0 aromatic carbocycles. The molecule has 10 heavy (non-hydrogen) atoms. The number of nitrogens with two attached hydrogens (primary N) is 1. The lowest BCUT2D eigenvalue weighted by molar-refractivity contribution is 0.473. The topological polar surface area (TPSA) is 83.0 Å². The fraction of sp³-hybridized carbons (Fsp3) is 0. The molecule has 0 saturated carbocycles. The molecule has 0 aliphatic carbocycles. The quantitative estimate of drug-likeness (QED) is 0.489. The fourth-order valence-corrected chi connectivity index (χ4v) is 0.596. The SMILES string of the molecule is N=Cc1cc(O)cnc1N. The number of anilines is 1. The van der Waals surface area contributed by atoms with E-state index in [-0.39, 0.29) is 11.6 Å². The van der Waals surface area contributed by atoms with Crippen LogP contribution in [0, 0.1) is 5.41 Å². The lowest BCUT2D eigenvalue weighted by Crippen LogP contribution is -1.94. The molecular weight excluding hydrogens is 130 g/mol. The van der Waals surface area contributed by atoms with Crippen LogP contribution in [0.4, 0.5) is 5.82 Å². The minimum atomic E-state index is 0.0210. The summed E-state index contributed by atoms with van der Waals surface area (Å²) in [6.07, 6.45) is 2.28. The highest BCUT2D eigenvalue weighted by Crippen LogP contribution is 2.12. The van der Waals surface area contributed by atoms with Gasteiger partial charge in [0.2, 0.25) is 0 Å². The second-order valence-corrected chi connectivity index (χ2v) is 1.81. The van der Waals surface area contributed by atoms with Crippen LogP contribution in [0.2, 0.25) is 0 Å². The van der Waals surface area contributed by atoms with Crippen LogP contribution in [-0.4, -0.2) is 16.3 Å². The van der Waals surface area contributed by atoms with Crippen molar-refractivity contribution < 1.29 is 5.11 Å². The number of rotatable bonds is 1.